The number of alkyl carbamates (subject to hydrolysis) is 1. The van der Waals surface area contributed by atoms with Crippen molar-refractivity contribution in [1.82, 2.24) is 10.3 Å². The molecule has 49 heavy (non-hydrogen) atoms. The van der Waals surface area contributed by atoms with Gasteiger partial charge in [-0.15, -0.1) is 0 Å². The van der Waals surface area contributed by atoms with Gasteiger partial charge in [0.2, 0.25) is 0 Å². The molecule has 2 N–H and O–H groups in total. The lowest BCUT2D eigenvalue weighted by atomic mass is 10.0. The minimum absolute atomic E-state index is 0.0276. The monoisotopic (exact) mass is 679 g/mol. The summed E-state index contributed by atoms with van der Waals surface area (Å²) in [5.41, 5.74) is 3.15. The molecule has 1 aromatic heterocycles. The number of hydrogen-bond acceptors (Lipinski definition) is 6. The molecule has 0 radical (unpaired) electrons. The van der Waals surface area contributed by atoms with Crippen LogP contribution in [0.1, 0.15) is 49.1 Å². The zero-order chi connectivity index (χ0) is 35.4. The van der Waals surface area contributed by atoms with E-state index < -0.39 is 32.6 Å². The zero-order valence-corrected chi connectivity index (χ0v) is 29.7. The number of carbonyl (C=O) groups excluding carboxylic acids is 2. The lowest BCUT2D eigenvalue weighted by Gasteiger charge is -2.41. The molecule has 0 spiro atoms. The van der Waals surface area contributed by atoms with Crippen molar-refractivity contribution < 1.29 is 28.7 Å². The molecule has 0 aliphatic rings. The first kappa shape index (κ1) is 36.8. The summed E-state index contributed by atoms with van der Waals surface area (Å²) in [6, 6.07) is 30.9. The van der Waals surface area contributed by atoms with Crippen molar-refractivity contribution >= 4 is 32.1 Å². The number of allylic oxidation sites excluding steroid dienone is 1. The highest BCUT2D eigenvalue weighted by molar-refractivity contribution is 6.74. The highest BCUT2D eigenvalue weighted by atomic mass is 28.4. The van der Waals surface area contributed by atoms with Crippen LogP contribution in [0.4, 0.5) is 15.4 Å². The molecule has 0 bridgehead atoms. The summed E-state index contributed by atoms with van der Waals surface area (Å²) in [7, 11) is -2.37. The van der Waals surface area contributed by atoms with Crippen molar-refractivity contribution in [3.63, 3.8) is 0 Å². The zero-order valence-electron chi connectivity index (χ0n) is 28.7. The second-order valence-corrected chi connectivity index (χ2v) is 18.1. The van der Waals surface area contributed by atoms with Gasteiger partial charge in [-0.25, -0.2) is 14.6 Å². The minimum Gasteiger partial charge on any atom is -0.465 e. The fourth-order valence-electron chi connectivity index (χ4n) is 4.78. The van der Waals surface area contributed by atoms with E-state index in [1.54, 1.807) is 18.2 Å². The van der Waals surface area contributed by atoms with Gasteiger partial charge in [0, 0.05) is 12.6 Å². The number of rotatable bonds is 14. The van der Waals surface area contributed by atoms with Gasteiger partial charge >= 0.3 is 12.2 Å². The first-order chi connectivity index (χ1) is 23.3. The predicted molar refractivity (Wildman–Crippen MR) is 194 cm³/mol. The Morgan fingerprint density at radius 2 is 1.45 bits per heavy atom. The molecule has 2 amide bonds. The molecule has 0 aliphatic heterocycles. The number of aromatic nitrogens is 1. The number of pyridine rings is 1. The van der Waals surface area contributed by atoms with E-state index in [1.165, 1.54) is 12.3 Å². The molecule has 0 unspecified atom stereocenters. The number of ketones is 1. The lowest BCUT2D eigenvalue weighted by molar-refractivity contribution is -0.114. The Balaban J connectivity index is 1.54. The Morgan fingerprint density at radius 1 is 0.857 bits per heavy atom. The van der Waals surface area contributed by atoms with Crippen molar-refractivity contribution in [2.24, 2.45) is 0 Å². The Kier molecular flexibility index (Phi) is 12.6. The van der Waals surface area contributed by atoms with Gasteiger partial charge in [-0.2, -0.15) is 0 Å². The Hall–Kier alpha value is -5.06. The van der Waals surface area contributed by atoms with Gasteiger partial charge < -0.3 is 19.6 Å². The van der Waals surface area contributed by atoms with Crippen LogP contribution in [0, 0.1) is 0 Å². The molecule has 256 valence electrons. The van der Waals surface area contributed by atoms with Crippen LogP contribution >= 0.6 is 0 Å². The maximum atomic E-state index is 13.3. The van der Waals surface area contributed by atoms with Gasteiger partial charge in [-0.05, 0) is 52.5 Å². The molecular weight excluding hydrogens is 635 g/mol. The number of carbonyl (C=O) groups is 3. The molecule has 4 aromatic rings. The van der Waals surface area contributed by atoms with E-state index in [-0.39, 0.29) is 36.2 Å². The van der Waals surface area contributed by atoms with Crippen molar-refractivity contribution in [3.8, 4) is 0 Å². The van der Waals surface area contributed by atoms with Crippen LogP contribution in [0.2, 0.25) is 18.1 Å². The molecule has 4 rings (SSSR count). The Bertz CT molecular complexity index is 1690. The highest BCUT2D eigenvalue weighted by Gasteiger charge is 2.41. The molecule has 0 aliphatic carbocycles. The second-order valence-electron chi connectivity index (χ2n) is 13.3. The SMILES string of the molecule is CC(C)(C)[Si](C)(C)O[C@H](c1ccccc1)[C@@H](C=CC(=O)Cc1ccc(N(Cc2ccccc2)C(=O)O)nc1)NC(=O)OCc1ccccc1. The Morgan fingerprint density at radius 3 is 2.00 bits per heavy atom. The third-order valence-electron chi connectivity index (χ3n) is 8.55. The molecule has 9 nitrogen and oxygen atoms in total. The molecule has 0 fully saturated rings. The van der Waals surface area contributed by atoms with Crippen molar-refractivity contribution in [3.05, 3.63) is 144 Å². The minimum atomic E-state index is -2.37. The van der Waals surface area contributed by atoms with Crippen LogP contribution in [0.25, 0.3) is 0 Å². The number of hydrogen-bond donors (Lipinski definition) is 2. The van der Waals surface area contributed by atoms with E-state index in [0.29, 0.717) is 5.56 Å². The second kappa shape index (κ2) is 16.9. The smallest absolute Gasteiger partial charge is 0.413 e. The maximum Gasteiger partial charge on any atom is 0.413 e. The van der Waals surface area contributed by atoms with Gasteiger partial charge in [0.05, 0.1) is 18.7 Å². The van der Waals surface area contributed by atoms with Crippen LogP contribution in [0.15, 0.2) is 121 Å². The Labute approximate surface area is 289 Å². The maximum absolute atomic E-state index is 13.3. The average molecular weight is 680 g/mol. The molecular formula is C39H45N3O6Si. The number of nitrogens with zero attached hydrogens (tertiary/aromatic N) is 2. The largest absolute Gasteiger partial charge is 0.465 e. The third kappa shape index (κ3) is 11.0. The highest BCUT2D eigenvalue weighted by Crippen LogP contribution is 2.40. The van der Waals surface area contributed by atoms with Gasteiger partial charge in [0.1, 0.15) is 12.4 Å². The van der Waals surface area contributed by atoms with E-state index in [2.05, 4.69) is 44.2 Å². The number of nitrogens with one attached hydrogen (secondary N) is 1. The van der Waals surface area contributed by atoms with Crippen LogP contribution in [-0.4, -0.2) is 42.4 Å². The summed E-state index contributed by atoms with van der Waals surface area (Å²) in [6.45, 7) is 11.0. The van der Waals surface area contributed by atoms with Crippen molar-refractivity contribution in [2.45, 2.75) is 70.6 Å². The van der Waals surface area contributed by atoms with Crippen LogP contribution in [0.5, 0.6) is 0 Å². The number of amides is 2. The number of benzene rings is 3. The van der Waals surface area contributed by atoms with Crippen LogP contribution in [0.3, 0.4) is 0 Å². The third-order valence-corrected chi connectivity index (χ3v) is 13.0. The first-order valence-electron chi connectivity index (χ1n) is 16.2. The van der Waals surface area contributed by atoms with Gasteiger partial charge in [-0.3, -0.25) is 9.69 Å². The molecule has 0 saturated carbocycles. The molecule has 3 aromatic carbocycles. The summed E-state index contributed by atoms with van der Waals surface area (Å²) >= 11 is 0. The fourth-order valence-corrected chi connectivity index (χ4v) is 6.05. The number of ether oxygens (including phenoxy) is 1. The standard InChI is InChI=1S/C39H45N3O6Si/c1-39(2,3)49(4,5)48-36(32-19-13-8-14-20-32)34(41-37(44)47-28-30-17-11-7-12-18-30)23-22-33(43)25-31-21-24-35(40-26-31)42(38(45)46)27-29-15-9-6-10-16-29/h6-24,26,34,36H,25,27-28H2,1-5H3,(H,41,44)(H,45,46)/t34-,36-/m1/s1. The van der Waals surface area contributed by atoms with E-state index in [4.69, 9.17) is 9.16 Å². The first-order valence-corrected chi connectivity index (χ1v) is 19.1. The summed E-state index contributed by atoms with van der Waals surface area (Å²) in [4.78, 5) is 43.9. The van der Waals surface area contributed by atoms with E-state index in [1.807, 2.05) is 91.0 Å². The van der Waals surface area contributed by atoms with E-state index in [0.717, 1.165) is 21.6 Å². The quantitative estimate of drug-likeness (QED) is 0.101. The summed E-state index contributed by atoms with van der Waals surface area (Å²) in [6.07, 6.45) is 2.28. The van der Waals surface area contributed by atoms with Crippen LogP contribution < -0.4 is 10.2 Å². The molecule has 1 heterocycles. The van der Waals surface area contributed by atoms with Crippen molar-refractivity contribution in [1.29, 1.82) is 0 Å². The van der Waals surface area contributed by atoms with Gasteiger partial charge in [0.15, 0.2) is 14.1 Å². The molecule has 10 heteroatoms. The van der Waals surface area contributed by atoms with Gasteiger partial charge in [-0.1, -0.05) is 124 Å². The number of anilines is 1. The summed E-state index contributed by atoms with van der Waals surface area (Å²) in [5, 5.41) is 12.6. The molecule has 2 atom stereocenters. The van der Waals surface area contributed by atoms with Gasteiger partial charge in [0.25, 0.3) is 0 Å². The summed E-state index contributed by atoms with van der Waals surface area (Å²) in [5.74, 6) is 0.0346. The lowest BCUT2D eigenvalue weighted by Crippen LogP contribution is -2.47. The van der Waals surface area contributed by atoms with E-state index in [9.17, 15) is 19.5 Å². The molecule has 0 saturated heterocycles. The predicted octanol–water partition coefficient (Wildman–Crippen LogP) is 8.49. The van der Waals surface area contributed by atoms with Crippen molar-refractivity contribution in [2.75, 3.05) is 4.90 Å². The topological polar surface area (TPSA) is 118 Å². The van der Waals surface area contributed by atoms with Crippen LogP contribution in [-0.2, 0) is 33.5 Å². The van der Waals surface area contributed by atoms with E-state index >= 15 is 0 Å². The summed E-state index contributed by atoms with van der Waals surface area (Å²) < 4.78 is 12.5. The average Bonchev–Trinajstić information content (AvgIpc) is 3.08. The number of carboxylic acid groups (broad SMARTS) is 1. The normalized spacial score (nSPS) is 13.0. The fraction of sp³-hybridized carbons (Fsp3) is 0.282.